The minimum absolute atomic E-state index is 0.0225. The number of carbonyl (C=O) groups is 2. The van der Waals surface area contributed by atoms with E-state index < -0.39 is 0 Å². The highest BCUT2D eigenvalue weighted by atomic mass is 16.5. The van der Waals surface area contributed by atoms with Gasteiger partial charge in [-0.15, -0.1) is 0 Å². The van der Waals surface area contributed by atoms with Crippen LogP contribution in [-0.4, -0.2) is 79.6 Å². The molecule has 1 atom stereocenters. The lowest BCUT2D eigenvalue weighted by molar-refractivity contribution is -0.136. The third-order valence-electron chi connectivity index (χ3n) is 7.11. The number of hydrogen-bond acceptors (Lipinski definition) is 4. The number of benzene rings is 1. The molecular weight excluding hydrogens is 392 g/mol. The summed E-state index contributed by atoms with van der Waals surface area (Å²) in [5.74, 6) is 1.36. The number of urea groups is 1. The summed E-state index contributed by atoms with van der Waals surface area (Å²) in [6.45, 7) is 5.24. The van der Waals surface area contributed by atoms with Gasteiger partial charge in [-0.05, 0) is 56.5 Å². The maximum absolute atomic E-state index is 12.9. The third-order valence-corrected chi connectivity index (χ3v) is 7.11. The number of hydrogen-bond donors (Lipinski definition) is 1. The summed E-state index contributed by atoms with van der Waals surface area (Å²) in [6, 6.07) is 8.32. The summed E-state index contributed by atoms with van der Waals surface area (Å²) in [4.78, 5) is 31.8. The first-order valence-corrected chi connectivity index (χ1v) is 11.9. The average Bonchev–Trinajstić information content (AvgIpc) is 3.54. The predicted octanol–water partition coefficient (Wildman–Crippen LogP) is 2.88. The number of methoxy groups -OCH3 is 1. The second-order valence-corrected chi connectivity index (χ2v) is 9.01. The molecule has 7 heteroatoms. The summed E-state index contributed by atoms with van der Waals surface area (Å²) < 4.78 is 5.29. The molecular formula is C24H36N4O3. The fraction of sp³-hybridized carbons (Fsp3) is 0.667. The van der Waals surface area contributed by atoms with Crippen LogP contribution in [-0.2, 0) is 4.79 Å². The minimum Gasteiger partial charge on any atom is -0.497 e. The lowest BCUT2D eigenvalue weighted by Crippen LogP contribution is -2.54. The highest BCUT2D eigenvalue weighted by Gasteiger charge is 2.31. The van der Waals surface area contributed by atoms with Crippen LogP contribution >= 0.6 is 0 Å². The molecule has 0 radical (unpaired) electrons. The SMILES string of the molecule is COc1ccc(C(CNC(=O)N2CCN(C(=O)C3CCCC3)CC2)N2CCCC2)cc1. The van der Waals surface area contributed by atoms with Gasteiger partial charge in [0.15, 0.2) is 0 Å². The number of ether oxygens (including phenoxy) is 1. The quantitative estimate of drug-likeness (QED) is 0.757. The van der Waals surface area contributed by atoms with Gasteiger partial charge in [0.25, 0.3) is 0 Å². The van der Waals surface area contributed by atoms with Crippen LogP contribution in [0.25, 0.3) is 0 Å². The van der Waals surface area contributed by atoms with Gasteiger partial charge in [-0.3, -0.25) is 9.69 Å². The van der Waals surface area contributed by atoms with Gasteiger partial charge in [0, 0.05) is 38.6 Å². The largest absolute Gasteiger partial charge is 0.497 e. The van der Waals surface area contributed by atoms with Gasteiger partial charge in [0.05, 0.1) is 13.2 Å². The van der Waals surface area contributed by atoms with Crippen molar-refractivity contribution in [2.75, 3.05) is 52.9 Å². The number of rotatable bonds is 6. The Balaban J connectivity index is 1.30. The van der Waals surface area contributed by atoms with Crippen molar-refractivity contribution in [3.05, 3.63) is 29.8 Å². The lowest BCUT2D eigenvalue weighted by Gasteiger charge is -2.36. The Bertz CT molecular complexity index is 734. The molecule has 1 saturated carbocycles. The first-order chi connectivity index (χ1) is 15.2. The summed E-state index contributed by atoms with van der Waals surface area (Å²) in [7, 11) is 1.67. The van der Waals surface area contributed by atoms with Crippen LogP contribution in [0.1, 0.15) is 50.1 Å². The van der Waals surface area contributed by atoms with Crippen LogP contribution < -0.4 is 10.1 Å². The molecule has 2 saturated heterocycles. The Morgan fingerprint density at radius 1 is 0.935 bits per heavy atom. The molecule has 3 aliphatic rings. The van der Waals surface area contributed by atoms with E-state index >= 15 is 0 Å². The lowest BCUT2D eigenvalue weighted by atomic mass is 10.1. The zero-order chi connectivity index (χ0) is 21.6. The first-order valence-electron chi connectivity index (χ1n) is 11.9. The van der Waals surface area contributed by atoms with Crippen molar-refractivity contribution >= 4 is 11.9 Å². The molecule has 7 nitrogen and oxygen atoms in total. The van der Waals surface area contributed by atoms with E-state index in [0.29, 0.717) is 38.6 Å². The number of nitrogens with zero attached hydrogens (tertiary/aromatic N) is 3. The molecule has 0 bridgehead atoms. The Morgan fingerprint density at radius 2 is 1.55 bits per heavy atom. The standard InChI is InChI=1S/C24H36N4O3/c1-31-21-10-8-19(9-11-21)22(26-12-4-5-13-26)18-25-24(30)28-16-14-27(15-17-28)23(29)20-6-2-3-7-20/h8-11,20,22H,2-7,12-18H2,1H3,(H,25,30). The summed E-state index contributed by atoms with van der Waals surface area (Å²) >= 11 is 0. The zero-order valence-corrected chi connectivity index (χ0v) is 18.7. The van der Waals surface area contributed by atoms with Crippen LogP contribution in [0.5, 0.6) is 5.75 Å². The van der Waals surface area contributed by atoms with Crippen molar-refractivity contribution in [2.45, 2.75) is 44.6 Å². The Labute approximate surface area is 185 Å². The van der Waals surface area contributed by atoms with Crippen LogP contribution in [0.3, 0.4) is 0 Å². The Kier molecular flexibility index (Phi) is 7.33. The molecule has 170 valence electrons. The van der Waals surface area contributed by atoms with E-state index in [0.717, 1.165) is 31.7 Å². The maximum atomic E-state index is 12.9. The van der Waals surface area contributed by atoms with E-state index in [1.807, 2.05) is 21.9 Å². The van der Waals surface area contributed by atoms with Gasteiger partial charge in [0.1, 0.15) is 5.75 Å². The van der Waals surface area contributed by atoms with Crippen LogP contribution in [0.2, 0.25) is 0 Å². The molecule has 3 fully saturated rings. The molecule has 31 heavy (non-hydrogen) atoms. The predicted molar refractivity (Wildman–Crippen MR) is 120 cm³/mol. The number of nitrogens with one attached hydrogen (secondary N) is 1. The van der Waals surface area contributed by atoms with Crippen LogP contribution in [0.4, 0.5) is 4.79 Å². The summed E-state index contributed by atoms with van der Waals surface area (Å²) in [6.07, 6.45) is 6.82. The Hall–Kier alpha value is -2.28. The highest BCUT2D eigenvalue weighted by Crippen LogP contribution is 2.28. The van der Waals surface area contributed by atoms with Crippen molar-refractivity contribution in [1.29, 1.82) is 0 Å². The van der Waals surface area contributed by atoms with E-state index in [1.165, 1.54) is 31.2 Å². The highest BCUT2D eigenvalue weighted by molar-refractivity contribution is 5.80. The fourth-order valence-electron chi connectivity index (χ4n) is 5.19. The third kappa shape index (κ3) is 5.32. The second-order valence-electron chi connectivity index (χ2n) is 9.01. The van der Waals surface area contributed by atoms with E-state index in [-0.39, 0.29) is 18.0 Å². The van der Waals surface area contributed by atoms with Gasteiger partial charge in [0.2, 0.25) is 5.91 Å². The van der Waals surface area contributed by atoms with E-state index in [4.69, 9.17) is 4.74 Å². The van der Waals surface area contributed by atoms with Gasteiger partial charge < -0.3 is 19.9 Å². The topological polar surface area (TPSA) is 65.1 Å². The minimum atomic E-state index is -0.0225. The molecule has 3 amide bonds. The fourth-order valence-corrected chi connectivity index (χ4v) is 5.19. The molecule has 1 aliphatic carbocycles. The van der Waals surface area contributed by atoms with Gasteiger partial charge >= 0.3 is 6.03 Å². The second kappa shape index (κ2) is 10.4. The molecule has 4 rings (SSSR count). The molecule has 2 aliphatic heterocycles. The molecule has 1 aromatic rings. The average molecular weight is 429 g/mol. The van der Waals surface area contributed by atoms with Crippen LogP contribution in [0.15, 0.2) is 24.3 Å². The molecule has 1 unspecified atom stereocenters. The number of piperazine rings is 1. The monoisotopic (exact) mass is 428 g/mol. The van der Waals surface area contributed by atoms with Gasteiger partial charge in [-0.2, -0.15) is 0 Å². The van der Waals surface area contributed by atoms with E-state index in [2.05, 4.69) is 22.3 Å². The van der Waals surface area contributed by atoms with E-state index in [9.17, 15) is 9.59 Å². The number of likely N-dealkylation sites (tertiary alicyclic amines) is 1. The molecule has 1 aromatic carbocycles. The normalized spacial score (nSPS) is 21.3. The van der Waals surface area contributed by atoms with Crippen molar-refractivity contribution in [3.8, 4) is 5.75 Å². The van der Waals surface area contributed by atoms with Crippen molar-refractivity contribution in [3.63, 3.8) is 0 Å². The zero-order valence-electron chi connectivity index (χ0n) is 18.7. The van der Waals surface area contributed by atoms with Crippen molar-refractivity contribution in [2.24, 2.45) is 5.92 Å². The van der Waals surface area contributed by atoms with Crippen molar-refractivity contribution in [1.82, 2.24) is 20.0 Å². The number of carbonyl (C=O) groups excluding carboxylic acids is 2. The van der Waals surface area contributed by atoms with Crippen LogP contribution in [0, 0.1) is 5.92 Å². The summed E-state index contributed by atoms with van der Waals surface area (Å²) in [5.41, 5.74) is 1.20. The molecule has 2 heterocycles. The van der Waals surface area contributed by atoms with E-state index in [1.54, 1.807) is 7.11 Å². The first kappa shape index (κ1) is 21.9. The van der Waals surface area contributed by atoms with Gasteiger partial charge in [-0.1, -0.05) is 25.0 Å². The Morgan fingerprint density at radius 3 is 2.16 bits per heavy atom. The maximum Gasteiger partial charge on any atom is 0.317 e. The van der Waals surface area contributed by atoms with Gasteiger partial charge in [-0.25, -0.2) is 4.79 Å². The summed E-state index contributed by atoms with van der Waals surface area (Å²) in [5, 5.41) is 3.17. The smallest absolute Gasteiger partial charge is 0.317 e. The molecule has 1 N–H and O–H groups in total. The molecule has 0 spiro atoms. The molecule has 0 aromatic heterocycles. The number of amides is 3. The van der Waals surface area contributed by atoms with Crippen molar-refractivity contribution < 1.29 is 14.3 Å².